The van der Waals surface area contributed by atoms with Crippen LogP contribution in [-0.2, 0) is 11.2 Å². The number of likely N-dealkylation sites (tertiary alicyclic amines) is 1. The Hall–Kier alpha value is -2.93. The molecule has 0 radical (unpaired) electrons. The number of thiazole rings is 1. The topological polar surface area (TPSA) is 71.5 Å². The molecule has 6 nitrogen and oxygen atoms in total. The molecule has 0 bridgehead atoms. The van der Waals surface area contributed by atoms with Crippen LogP contribution in [-0.4, -0.2) is 40.6 Å². The Kier molecular flexibility index (Phi) is 6.30. The summed E-state index contributed by atoms with van der Waals surface area (Å²) < 4.78 is 6.57. The Morgan fingerprint density at radius 3 is 2.60 bits per heavy atom. The molecule has 1 N–H and O–H groups in total. The van der Waals surface area contributed by atoms with Crippen molar-refractivity contribution in [1.82, 2.24) is 15.2 Å². The zero-order chi connectivity index (χ0) is 24.7. The maximum absolute atomic E-state index is 13.1. The third kappa shape index (κ3) is 5.06. The molecule has 1 atom stereocenters. The molecule has 1 aromatic heterocycles. The van der Waals surface area contributed by atoms with Crippen LogP contribution in [0.2, 0.25) is 0 Å². The number of ether oxygens (including phenoxy) is 1. The second kappa shape index (κ2) is 9.26. The normalized spacial score (nSPS) is 18.5. The van der Waals surface area contributed by atoms with Crippen molar-refractivity contribution < 1.29 is 14.3 Å². The van der Waals surface area contributed by atoms with Crippen molar-refractivity contribution in [2.75, 3.05) is 13.1 Å². The lowest BCUT2D eigenvalue weighted by molar-refractivity contribution is 0.0204. The Labute approximate surface area is 210 Å². The first kappa shape index (κ1) is 23.8. The largest absolute Gasteiger partial charge is 0.444 e. The number of hydrogen-bond donors (Lipinski definition) is 1. The minimum absolute atomic E-state index is 0.0303. The van der Waals surface area contributed by atoms with Crippen molar-refractivity contribution in [2.24, 2.45) is 0 Å². The summed E-state index contributed by atoms with van der Waals surface area (Å²) in [5.41, 5.74) is 4.76. The van der Waals surface area contributed by atoms with Gasteiger partial charge in [0.15, 0.2) is 0 Å². The summed E-state index contributed by atoms with van der Waals surface area (Å²) in [5, 5.41) is 4.33. The highest BCUT2D eigenvalue weighted by Crippen LogP contribution is 2.36. The number of nitrogens with zero attached hydrogens (tertiary/aromatic N) is 2. The predicted molar refractivity (Wildman–Crippen MR) is 139 cm³/mol. The number of fused-ring (bicyclic) bond motifs is 2. The second-order valence-corrected chi connectivity index (χ2v) is 11.8. The average Bonchev–Trinajstić information content (AvgIpc) is 3.43. The molecule has 2 aromatic carbocycles. The first-order chi connectivity index (χ1) is 16.7. The monoisotopic (exact) mass is 491 g/mol. The summed E-state index contributed by atoms with van der Waals surface area (Å²) in [6.07, 6.45) is 3.44. The van der Waals surface area contributed by atoms with E-state index in [-0.39, 0.29) is 18.0 Å². The predicted octanol–water partition coefficient (Wildman–Crippen LogP) is 6.14. The maximum Gasteiger partial charge on any atom is 0.410 e. The summed E-state index contributed by atoms with van der Waals surface area (Å²) in [6.45, 7) is 9.04. The van der Waals surface area contributed by atoms with Gasteiger partial charge in [0.1, 0.15) is 5.60 Å². The highest BCUT2D eigenvalue weighted by Gasteiger charge is 2.29. The molecule has 1 fully saturated rings. The van der Waals surface area contributed by atoms with Crippen LogP contribution in [0.5, 0.6) is 0 Å². The zero-order valence-corrected chi connectivity index (χ0v) is 21.7. The van der Waals surface area contributed by atoms with Gasteiger partial charge in [-0.05, 0) is 82.2 Å². The Balaban J connectivity index is 1.28. The Morgan fingerprint density at radius 2 is 1.86 bits per heavy atom. The van der Waals surface area contributed by atoms with E-state index in [0.717, 1.165) is 46.5 Å². The number of piperidine rings is 1. The van der Waals surface area contributed by atoms with E-state index >= 15 is 0 Å². The molecule has 5 rings (SSSR count). The number of carbonyl (C=O) groups is 2. The number of aryl methyl sites for hydroxylation is 2. The molecule has 0 saturated carbocycles. The van der Waals surface area contributed by atoms with Crippen molar-refractivity contribution >= 4 is 33.6 Å². The van der Waals surface area contributed by atoms with Crippen molar-refractivity contribution in [2.45, 2.75) is 70.9 Å². The first-order valence-electron chi connectivity index (χ1n) is 12.5. The molecule has 2 amide bonds. The van der Waals surface area contributed by atoms with E-state index in [1.54, 1.807) is 16.2 Å². The summed E-state index contributed by atoms with van der Waals surface area (Å²) in [5.74, 6) is 0.287. The molecule has 1 aliphatic carbocycles. The molecule has 3 aromatic rings. The standard InChI is InChI=1S/C28H33N3O3S/c1-17-15-20(25(32)29-22-10-9-18-7-5-6-8-21(18)22)16-23-24(17)30-26(35-23)19-11-13-31(14-12-19)27(33)34-28(2,3)4/h5-8,15-16,19,22H,9-14H2,1-4H3,(H,29,32). The number of hydrogen-bond acceptors (Lipinski definition) is 5. The molecule has 2 aliphatic rings. The van der Waals surface area contributed by atoms with Crippen LogP contribution in [0.15, 0.2) is 36.4 Å². The van der Waals surface area contributed by atoms with Gasteiger partial charge < -0.3 is 15.0 Å². The molecule has 184 valence electrons. The number of amides is 2. The van der Waals surface area contributed by atoms with Gasteiger partial charge >= 0.3 is 6.09 Å². The van der Waals surface area contributed by atoms with Gasteiger partial charge in [-0.3, -0.25) is 4.79 Å². The van der Waals surface area contributed by atoms with Crippen LogP contribution in [0.1, 0.15) is 84.0 Å². The SMILES string of the molecule is Cc1cc(C(=O)NC2CCc3ccccc32)cc2sc(C3CCN(C(=O)OC(C)(C)C)CC3)nc12. The summed E-state index contributed by atoms with van der Waals surface area (Å²) in [6, 6.07) is 12.4. The van der Waals surface area contributed by atoms with Gasteiger partial charge in [0.2, 0.25) is 0 Å². The fourth-order valence-corrected chi connectivity index (χ4v) is 6.36. The van der Waals surface area contributed by atoms with Gasteiger partial charge in [0.05, 0.1) is 21.3 Å². The minimum atomic E-state index is -0.483. The maximum atomic E-state index is 13.1. The van der Waals surface area contributed by atoms with Crippen LogP contribution in [0.3, 0.4) is 0 Å². The van der Waals surface area contributed by atoms with E-state index in [9.17, 15) is 9.59 Å². The second-order valence-electron chi connectivity index (χ2n) is 10.7. The van der Waals surface area contributed by atoms with E-state index in [4.69, 9.17) is 9.72 Å². The molecule has 1 aliphatic heterocycles. The molecule has 1 unspecified atom stereocenters. The van der Waals surface area contributed by atoms with Crippen LogP contribution in [0.25, 0.3) is 10.2 Å². The van der Waals surface area contributed by atoms with Crippen molar-refractivity contribution in [3.63, 3.8) is 0 Å². The van der Waals surface area contributed by atoms with Gasteiger partial charge in [0, 0.05) is 24.6 Å². The number of nitrogens with one attached hydrogen (secondary N) is 1. The lowest BCUT2D eigenvalue weighted by Gasteiger charge is -2.32. The fraction of sp³-hybridized carbons (Fsp3) is 0.464. The first-order valence-corrected chi connectivity index (χ1v) is 13.3. The summed E-state index contributed by atoms with van der Waals surface area (Å²) >= 11 is 1.67. The molecule has 7 heteroatoms. The van der Waals surface area contributed by atoms with E-state index in [0.29, 0.717) is 24.6 Å². The van der Waals surface area contributed by atoms with Crippen molar-refractivity contribution in [1.29, 1.82) is 0 Å². The molecule has 0 spiro atoms. The Morgan fingerprint density at radius 1 is 1.11 bits per heavy atom. The highest BCUT2D eigenvalue weighted by molar-refractivity contribution is 7.18. The van der Waals surface area contributed by atoms with Gasteiger partial charge in [-0.25, -0.2) is 9.78 Å². The number of rotatable bonds is 3. The van der Waals surface area contributed by atoms with Crippen molar-refractivity contribution in [3.05, 3.63) is 63.7 Å². The highest BCUT2D eigenvalue weighted by atomic mass is 32.1. The number of aromatic nitrogens is 1. The van der Waals surface area contributed by atoms with Gasteiger partial charge in [-0.15, -0.1) is 11.3 Å². The lowest BCUT2D eigenvalue weighted by atomic mass is 9.98. The molecule has 35 heavy (non-hydrogen) atoms. The van der Waals surface area contributed by atoms with Crippen LogP contribution in [0, 0.1) is 6.92 Å². The third-order valence-electron chi connectivity index (χ3n) is 6.90. The summed E-state index contributed by atoms with van der Waals surface area (Å²) in [4.78, 5) is 32.3. The molecule has 1 saturated heterocycles. The molecular weight excluding hydrogens is 458 g/mol. The van der Waals surface area contributed by atoms with E-state index in [2.05, 4.69) is 23.5 Å². The number of carbonyl (C=O) groups excluding carboxylic acids is 2. The van der Waals surface area contributed by atoms with Gasteiger partial charge in [0.25, 0.3) is 5.91 Å². The van der Waals surface area contributed by atoms with Gasteiger partial charge in [-0.1, -0.05) is 24.3 Å². The third-order valence-corrected chi connectivity index (χ3v) is 8.06. The van der Waals surface area contributed by atoms with E-state index < -0.39 is 5.60 Å². The van der Waals surface area contributed by atoms with E-state index in [1.165, 1.54) is 11.1 Å². The van der Waals surface area contributed by atoms with Crippen LogP contribution >= 0.6 is 11.3 Å². The van der Waals surface area contributed by atoms with Crippen LogP contribution in [0.4, 0.5) is 4.79 Å². The fourth-order valence-electron chi connectivity index (χ4n) is 5.10. The minimum Gasteiger partial charge on any atom is -0.444 e. The van der Waals surface area contributed by atoms with Crippen molar-refractivity contribution in [3.8, 4) is 0 Å². The molecular formula is C28H33N3O3S. The molecule has 2 heterocycles. The average molecular weight is 492 g/mol. The quantitative estimate of drug-likeness (QED) is 0.478. The smallest absolute Gasteiger partial charge is 0.410 e. The zero-order valence-electron chi connectivity index (χ0n) is 20.9. The Bertz CT molecular complexity index is 1270. The van der Waals surface area contributed by atoms with Crippen LogP contribution < -0.4 is 5.32 Å². The lowest BCUT2D eigenvalue weighted by Crippen LogP contribution is -2.41. The van der Waals surface area contributed by atoms with E-state index in [1.807, 2.05) is 45.9 Å². The van der Waals surface area contributed by atoms with Gasteiger partial charge in [-0.2, -0.15) is 0 Å². The summed E-state index contributed by atoms with van der Waals surface area (Å²) in [7, 11) is 0. The number of benzene rings is 2.